The maximum atomic E-state index is 14.0. The number of aromatic nitrogens is 4. The van der Waals surface area contributed by atoms with Crippen molar-refractivity contribution in [1.29, 1.82) is 0 Å². The molecule has 4 heterocycles. The molecule has 5 aromatic rings. The third-order valence-electron chi connectivity index (χ3n) is 7.86. The van der Waals surface area contributed by atoms with Crippen molar-refractivity contribution in [2.24, 2.45) is 13.0 Å². The number of carbonyl (C=O) groups is 2. The second kappa shape index (κ2) is 9.25. The maximum Gasteiger partial charge on any atom is 0.256 e. The molecule has 0 spiro atoms. The van der Waals surface area contributed by atoms with Crippen molar-refractivity contribution in [2.45, 2.75) is 31.7 Å². The molecule has 1 saturated carbocycles. The van der Waals surface area contributed by atoms with Crippen molar-refractivity contribution >= 4 is 34.3 Å². The monoisotopic (exact) mass is 540 g/mol. The Morgan fingerprint density at radius 3 is 2.52 bits per heavy atom. The topological polar surface area (TPSA) is 84.5 Å². The molecular weight excluding hydrogens is 514 g/mol. The second-order valence-corrected chi connectivity index (χ2v) is 10.7. The first-order valence-corrected chi connectivity index (χ1v) is 13.4. The summed E-state index contributed by atoms with van der Waals surface area (Å²) < 4.78 is 31.5. The zero-order valence-electron chi connectivity index (χ0n) is 21.8. The van der Waals surface area contributed by atoms with Crippen LogP contribution in [0.15, 0.2) is 60.9 Å². The van der Waals surface area contributed by atoms with E-state index >= 15 is 0 Å². The summed E-state index contributed by atoms with van der Waals surface area (Å²) in [4.78, 5) is 32.2. The molecule has 2 aliphatic rings. The first-order valence-electron chi connectivity index (χ1n) is 13.4. The Balaban J connectivity index is 1.22. The van der Waals surface area contributed by atoms with Gasteiger partial charge in [-0.05, 0) is 78.8 Å². The van der Waals surface area contributed by atoms with Crippen LogP contribution in [0.1, 0.15) is 47.6 Å². The van der Waals surface area contributed by atoms with E-state index in [0.29, 0.717) is 29.7 Å². The van der Waals surface area contributed by atoms with E-state index < -0.39 is 11.6 Å². The Hall–Kier alpha value is -4.60. The number of hydrogen-bond donors (Lipinski definition) is 1. The first kappa shape index (κ1) is 24.4. The number of rotatable bonds is 5. The lowest BCUT2D eigenvalue weighted by atomic mass is 10.0. The predicted octanol–water partition coefficient (Wildman–Crippen LogP) is 5.49. The van der Waals surface area contributed by atoms with Crippen LogP contribution in [0, 0.1) is 17.6 Å². The summed E-state index contributed by atoms with van der Waals surface area (Å²) in [6, 6.07) is 12.8. The zero-order valence-corrected chi connectivity index (χ0v) is 21.8. The minimum atomic E-state index is -0.647. The number of halogens is 2. The van der Waals surface area contributed by atoms with Crippen LogP contribution < -0.4 is 5.32 Å². The van der Waals surface area contributed by atoms with Crippen molar-refractivity contribution < 1.29 is 18.4 Å². The predicted molar refractivity (Wildman–Crippen MR) is 146 cm³/mol. The Labute approximate surface area is 228 Å². The number of fused-ring (bicyclic) bond motifs is 2. The molecule has 0 unspecified atom stereocenters. The average molecular weight is 541 g/mol. The molecular formula is C30H26F2N6O2. The van der Waals surface area contributed by atoms with Gasteiger partial charge in [-0.1, -0.05) is 6.07 Å². The Bertz CT molecular complexity index is 1800. The maximum absolute atomic E-state index is 14.0. The number of anilines is 1. The van der Waals surface area contributed by atoms with E-state index in [1.54, 1.807) is 15.6 Å². The van der Waals surface area contributed by atoms with Crippen LogP contribution in [0.25, 0.3) is 27.7 Å². The van der Waals surface area contributed by atoms with Crippen LogP contribution in [-0.2, 0) is 11.8 Å². The van der Waals surface area contributed by atoms with E-state index in [4.69, 9.17) is 0 Å². The zero-order chi connectivity index (χ0) is 27.5. The molecule has 1 aliphatic carbocycles. The molecule has 1 atom stereocenters. The molecule has 1 N–H and O–H groups in total. The summed E-state index contributed by atoms with van der Waals surface area (Å²) in [6.07, 6.45) is 6.81. The summed E-state index contributed by atoms with van der Waals surface area (Å²) in [5, 5.41) is 7.92. The van der Waals surface area contributed by atoms with Crippen LogP contribution >= 0.6 is 0 Å². The highest BCUT2D eigenvalue weighted by molar-refractivity contribution is 6.08. The van der Waals surface area contributed by atoms with Gasteiger partial charge in [0.2, 0.25) is 11.9 Å². The molecule has 0 radical (unpaired) electrons. The SMILES string of the molecule is Cn1cc(C(=O)N2CCC[C@H]2c2cc(F)cc(F)c2)c2cc(-c3ccn4nc(NC(=O)C5CC5)nc4c3)ccc21. The number of carbonyl (C=O) groups excluding carboxylic acids is 2. The van der Waals surface area contributed by atoms with E-state index in [-0.39, 0.29) is 29.7 Å². The number of aryl methyl sites for hydroxylation is 1. The van der Waals surface area contributed by atoms with Crippen LogP contribution in [0.4, 0.5) is 14.7 Å². The third-order valence-corrected chi connectivity index (χ3v) is 7.86. The van der Waals surface area contributed by atoms with Gasteiger partial charge in [0.25, 0.3) is 5.91 Å². The molecule has 40 heavy (non-hydrogen) atoms. The Morgan fingerprint density at radius 1 is 0.975 bits per heavy atom. The number of amides is 2. The molecule has 202 valence electrons. The number of nitrogens with one attached hydrogen (secondary N) is 1. The van der Waals surface area contributed by atoms with Crippen molar-refractivity contribution in [3.05, 3.63) is 83.7 Å². The van der Waals surface area contributed by atoms with E-state index in [2.05, 4.69) is 15.4 Å². The lowest BCUT2D eigenvalue weighted by molar-refractivity contribution is -0.117. The standard InChI is InChI=1S/C30H26F2N6O2/c1-36-16-24(29(40)37-9-2-3-25(37)20-11-21(31)15-22(32)12-20)23-13-18(6-7-26(23)36)19-8-10-38-27(14-19)33-30(35-38)34-28(39)17-4-5-17/h6-8,10-17,25H,2-5,9H2,1H3,(H,34,35,39)/t25-/m0/s1. The second-order valence-electron chi connectivity index (χ2n) is 10.7. The molecule has 7 rings (SSSR count). The van der Waals surface area contributed by atoms with Gasteiger partial charge in [-0.15, -0.1) is 5.10 Å². The van der Waals surface area contributed by atoms with Gasteiger partial charge in [-0.2, -0.15) is 4.98 Å². The fourth-order valence-electron chi connectivity index (χ4n) is 5.69. The summed E-state index contributed by atoms with van der Waals surface area (Å²) in [6.45, 7) is 0.515. The lowest BCUT2D eigenvalue weighted by Crippen LogP contribution is -2.30. The van der Waals surface area contributed by atoms with Gasteiger partial charge in [0.05, 0.1) is 11.6 Å². The molecule has 2 aromatic carbocycles. The van der Waals surface area contributed by atoms with Crippen molar-refractivity contribution in [1.82, 2.24) is 24.1 Å². The average Bonchev–Trinajstić information content (AvgIpc) is 3.39. The third kappa shape index (κ3) is 4.29. The number of pyridine rings is 1. The highest BCUT2D eigenvalue weighted by Crippen LogP contribution is 2.36. The summed E-state index contributed by atoms with van der Waals surface area (Å²) in [5.74, 6) is -1.18. The summed E-state index contributed by atoms with van der Waals surface area (Å²) in [7, 11) is 1.89. The minimum absolute atomic E-state index is 0.0503. The molecule has 8 nitrogen and oxygen atoms in total. The quantitative estimate of drug-likeness (QED) is 0.320. The first-order chi connectivity index (χ1) is 19.3. The largest absolute Gasteiger partial charge is 0.350 e. The minimum Gasteiger partial charge on any atom is -0.350 e. The van der Waals surface area contributed by atoms with E-state index in [1.807, 2.05) is 48.1 Å². The van der Waals surface area contributed by atoms with E-state index in [1.165, 1.54) is 12.1 Å². The van der Waals surface area contributed by atoms with Gasteiger partial charge >= 0.3 is 0 Å². The number of likely N-dealkylation sites (tertiary alicyclic amines) is 1. The van der Waals surface area contributed by atoms with Crippen molar-refractivity contribution in [2.75, 3.05) is 11.9 Å². The normalized spacial score (nSPS) is 17.2. The smallest absolute Gasteiger partial charge is 0.256 e. The molecule has 0 bridgehead atoms. The molecule has 1 saturated heterocycles. The number of nitrogens with zero attached hydrogens (tertiary/aromatic N) is 5. The molecule has 2 fully saturated rings. The van der Waals surface area contributed by atoms with Gasteiger partial charge in [-0.25, -0.2) is 13.3 Å². The van der Waals surface area contributed by atoms with E-state index in [9.17, 15) is 18.4 Å². The van der Waals surface area contributed by atoms with Crippen LogP contribution in [0.3, 0.4) is 0 Å². The van der Waals surface area contributed by atoms with Gasteiger partial charge in [0, 0.05) is 48.9 Å². The van der Waals surface area contributed by atoms with Crippen LogP contribution in [0.5, 0.6) is 0 Å². The van der Waals surface area contributed by atoms with Crippen LogP contribution in [-0.4, -0.2) is 42.4 Å². The Kier molecular flexibility index (Phi) is 5.65. The summed E-state index contributed by atoms with van der Waals surface area (Å²) >= 11 is 0. The van der Waals surface area contributed by atoms with Gasteiger partial charge in [0.15, 0.2) is 5.65 Å². The molecule has 3 aromatic heterocycles. The van der Waals surface area contributed by atoms with Crippen molar-refractivity contribution in [3.8, 4) is 11.1 Å². The van der Waals surface area contributed by atoms with Gasteiger partial charge in [-0.3, -0.25) is 14.9 Å². The van der Waals surface area contributed by atoms with Crippen molar-refractivity contribution in [3.63, 3.8) is 0 Å². The summed E-state index contributed by atoms with van der Waals surface area (Å²) in [5.41, 5.74) is 4.28. The number of benzene rings is 2. The van der Waals surface area contributed by atoms with E-state index in [0.717, 1.165) is 47.4 Å². The highest BCUT2D eigenvalue weighted by atomic mass is 19.1. The molecule has 2 amide bonds. The van der Waals surface area contributed by atoms with Gasteiger partial charge in [0.1, 0.15) is 11.6 Å². The molecule has 1 aliphatic heterocycles. The van der Waals surface area contributed by atoms with Gasteiger partial charge < -0.3 is 9.47 Å². The molecule has 10 heteroatoms. The highest BCUT2D eigenvalue weighted by Gasteiger charge is 2.33. The Morgan fingerprint density at radius 2 is 1.75 bits per heavy atom. The van der Waals surface area contributed by atoms with Crippen LogP contribution in [0.2, 0.25) is 0 Å². The fraction of sp³-hybridized carbons (Fsp3) is 0.267. The lowest BCUT2D eigenvalue weighted by Gasteiger charge is -2.25. The fourth-order valence-corrected chi connectivity index (χ4v) is 5.69. The number of hydrogen-bond acceptors (Lipinski definition) is 4.